The van der Waals surface area contributed by atoms with Crippen molar-refractivity contribution in [3.8, 4) is 5.75 Å². The van der Waals surface area contributed by atoms with Gasteiger partial charge in [-0.15, -0.1) is 0 Å². The van der Waals surface area contributed by atoms with E-state index < -0.39 is 15.9 Å². The maximum atomic E-state index is 12.7. The van der Waals surface area contributed by atoms with Crippen molar-refractivity contribution in [1.82, 2.24) is 0 Å². The minimum atomic E-state index is -3.88. The minimum Gasteiger partial charge on any atom is -0.497 e. The molecule has 0 unspecified atom stereocenters. The first-order chi connectivity index (χ1) is 13.4. The molecular formula is C20H17ClN2O4S. The fourth-order valence-electron chi connectivity index (χ4n) is 2.49. The number of hydrogen-bond acceptors (Lipinski definition) is 4. The number of ether oxygens (including phenoxy) is 1. The Morgan fingerprint density at radius 1 is 0.964 bits per heavy atom. The van der Waals surface area contributed by atoms with Crippen LogP contribution >= 0.6 is 11.6 Å². The number of nitrogens with one attached hydrogen (secondary N) is 2. The van der Waals surface area contributed by atoms with Gasteiger partial charge in [0.2, 0.25) is 0 Å². The molecule has 3 aromatic carbocycles. The van der Waals surface area contributed by atoms with E-state index in [4.69, 9.17) is 16.3 Å². The van der Waals surface area contributed by atoms with E-state index in [1.165, 1.54) is 31.4 Å². The molecule has 0 aliphatic carbocycles. The van der Waals surface area contributed by atoms with Gasteiger partial charge < -0.3 is 10.1 Å². The van der Waals surface area contributed by atoms with Gasteiger partial charge in [-0.25, -0.2) is 8.42 Å². The van der Waals surface area contributed by atoms with Crippen molar-refractivity contribution in [3.63, 3.8) is 0 Å². The molecule has 0 bridgehead atoms. The number of anilines is 2. The highest BCUT2D eigenvalue weighted by molar-refractivity contribution is 7.92. The summed E-state index contributed by atoms with van der Waals surface area (Å²) in [5.74, 6) is 0.0792. The molecule has 0 saturated heterocycles. The van der Waals surface area contributed by atoms with E-state index in [0.717, 1.165) is 0 Å². The maximum absolute atomic E-state index is 12.7. The lowest BCUT2D eigenvalue weighted by Crippen LogP contribution is -2.18. The Morgan fingerprint density at radius 2 is 1.68 bits per heavy atom. The Hall–Kier alpha value is -3.03. The molecule has 6 nitrogen and oxygen atoms in total. The first-order valence-electron chi connectivity index (χ1n) is 8.22. The lowest BCUT2D eigenvalue weighted by atomic mass is 10.1. The van der Waals surface area contributed by atoms with Crippen LogP contribution in [0.15, 0.2) is 77.7 Å². The molecule has 0 radical (unpaired) electrons. The Morgan fingerprint density at radius 3 is 2.36 bits per heavy atom. The Kier molecular flexibility index (Phi) is 5.87. The van der Waals surface area contributed by atoms with Crippen LogP contribution in [-0.4, -0.2) is 21.4 Å². The third-order valence-electron chi connectivity index (χ3n) is 3.87. The fraction of sp³-hybridized carbons (Fsp3) is 0.0500. The molecule has 0 aromatic heterocycles. The monoisotopic (exact) mass is 416 g/mol. The van der Waals surface area contributed by atoms with Gasteiger partial charge in [0.25, 0.3) is 15.9 Å². The van der Waals surface area contributed by atoms with Crippen molar-refractivity contribution in [3.05, 3.63) is 83.4 Å². The average molecular weight is 417 g/mol. The van der Waals surface area contributed by atoms with Gasteiger partial charge in [0.05, 0.1) is 23.3 Å². The Labute approximate surface area is 168 Å². The predicted octanol–water partition coefficient (Wildman–Crippen LogP) is 4.40. The summed E-state index contributed by atoms with van der Waals surface area (Å²) >= 11 is 5.93. The standard InChI is InChI=1S/C20H17ClN2O4S/c1-27-16-9-11-17(12-10-16)28(25,26)23-19-8-3-2-7-18(19)20(24)22-15-6-4-5-14(21)13-15/h2-13,23H,1H3,(H,22,24). The van der Waals surface area contributed by atoms with Crippen molar-refractivity contribution in [2.45, 2.75) is 4.90 Å². The highest BCUT2D eigenvalue weighted by Crippen LogP contribution is 2.23. The van der Waals surface area contributed by atoms with E-state index >= 15 is 0 Å². The van der Waals surface area contributed by atoms with E-state index in [2.05, 4.69) is 10.0 Å². The summed E-state index contributed by atoms with van der Waals surface area (Å²) < 4.78 is 32.9. The van der Waals surface area contributed by atoms with E-state index in [1.807, 2.05) is 0 Å². The van der Waals surface area contributed by atoms with Crippen LogP contribution in [0.25, 0.3) is 0 Å². The second kappa shape index (κ2) is 8.33. The fourth-order valence-corrected chi connectivity index (χ4v) is 3.76. The number of rotatable bonds is 6. The molecule has 0 saturated carbocycles. The summed E-state index contributed by atoms with van der Waals surface area (Å²) in [7, 11) is -2.38. The van der Waals surface area contributed by atoms with Crippen molar-refractivity contribution in [1.29, 1.82) is 0 Å². The SMILES string of the molecule is COc1ccc(S(=O)(=O)Nc2ccccc2C(=O)Nc2cccc(Cl)c2)cc1. The molecule has 1 amide bonds. The quantitative estimate of drug-likeness (QED) is 0.623. The first kappa shape index (κ1) is 19.7. The van der Waals surface area contributed by atoms with E-state index in [9.17, 15) is 13.2 Å². The van der Waals surface area contributed by atoms with Crippen LogP contribution in [0.2, 0.25) is 5.02 Å². The maximum Gasteiger partial charge on any atom is 0.261 e. The Balaban J connectivity index is 1.86. The zero-order chi connectivity index (χ0) is 20.1. The van der Waals surface area contributed by atoms with Gasteiger partial charge in [-0.2, -0.15) is 0 Å². The molecule has 8 heteroatoms. The highest BCUT2D eigenvalue weighted by Gasteiger charge is 2.19. The highest BCUT2D eigenvalue weighted by atomic mass is 35.5. The normalized spacial score (nSPS) is 10.9. The number of carbonyl (C=O) groups is 1. The first-order valence-corrected chi connectivity index (χ1v) is 10.1. The number of carbonyl (C=O) groups excluding carboxylic acids is 1. The van der Waals surface area contributed by atoms with Gasteiger partial charge in [-0.05, 0) is 54.6 Å². The molecule has 0 heterocycles. The topological polar surface area (TPSA) is 84.5 Å². The van der Waals surface area contributed by atoms with Crippen LogP contribution < -0.4 is 14.8 Å². The molecule has 0 aliphatic heterocycles. The third kappa shape index (κ3) is 4.62. The van der Waals surface area contributed by atoms with Crippen LogP contribution in [0, 0.1) is 0 Å². The van der Waals surface area contributed by atoms with Crippen molar-refractivity contribution in [2.75, 3.05) is 17.1 Å². The lowest BCUT2D eigenvalue weighted by molar-refractivity contribution is 0.102. The second-order valence-corrected chi connectivity index (χ2v) is 7.91. The lowest BCUT2D eigenvalue weighted by Gasteiger charge is -2.13. The summed E-state index contributed by atoms with van der Waals surface area (Å²) in [6.45, 7) is 0. The van der Waals surface area contributed by atoms with Gasteiger partial charge in [-0.3, -0.25) is 9.52 Å². The van der Waals surface area contributed by atoms with Crippen LogP contribution in [0.1, 0.15) is 10.4 Å². The number of methoxy groups -OCH3 is 1. The van der Waals surface area contributed by atoms with E-state index in [-0.39, 0.29) is 16.1 Å². The molecule has 3 aromatic rings. The number of halogens is 1. The number of benzene rings is 3. The minimum absolute atomic E-state index is 0.0540. The van der Waals surface area contributed by atoms with Crippen LogP contribution in [-0.2, 0) is 10.0 Å². The number of hydrogen-bond donors (Lipinski definition) is 2. The Bertz CT molecular complexity index is 1100. The van der Waals surface area contributed by atoms with Gasteiger partial charge in [-0.1, -0.05) is 29.8 Å². The molecule has 144 valence electrons. The summed E-state index contributed by atoms with van der Waals surface area (Å²) in [6, 6.07) is 19.0. The molecule has 28 heavy (non-hydrogen) atoms. The van der Waals surface area contributed by atoms with E-state index in [1.54, 1.807) is 48.5 Å². The van der Waals surface area contributed by atoms with Crippen molar-refractivity contribution < 1.29 is 17.9 Å². The molecule has 2 N–H and O–H groups in total. The molecule has 0 aliphatic rings. The summed E-state index contributed by atoms with van der Waals surface area (Å²) in [5.41, 5.74) is 0.850. The van der Waals surface area contributed by atoms with Gasteiger partial charge in [0.1, 0.15) is 5.75 Å². The molecule has 0 spiro atoms. The van der Waals surface area contributed by atoms with Gasteiger partial charge in [0.15, 0.2) is 0 Å². The van der Waals surface area contributed by atoms with Crippen LogP contribution in [0.5, 0.6) is 5.75 Å². The number of amides is 1. The average Bonchev–Trinajstić information content (AvgIpc) is 2.68. The van der Waals surface area contributed by atoms with Crippen molar-refractivity contribution in [2.24, 2.45) is 0 Å². The summed E-state index contributed by atoms with van der Waals surface area (Å²) in [6.07, 6.45) is 0. The third-order valence-corrected chi connectivity index (χ3v) is 5.48. The summed E-state index contributed by atoms with van der Waals surface area (Å²) in [4.78, 5) is 12.7. The second-order valence-electron chi connectivity index (χ2n) is 5.79. The largest absolute Gasteiger partial charge is 0.497 e. The van der Waals surface area contributed by atoms with E-state index in [0.29, 0.717) is 16.5 Å². The smallest absolute Gasteiger partial charge is 0.261 e. The number of sulfonamides is 1. The molecule has 0 atom stereocenters. The van der Waals surface area contributed by atoms with Crippen molar-refractivity contribution >= 4 is 38.9 Å². The zero-order valence-electron chi connectivity index (χ0n) is 14.8. The van der Waals surface area contributed by atoms with Gasteiger partial charge >= 0.3 is 0 Å². The molecular weight excluding hydrogens is 400 g/mol. The predicted molar refractivity (Wildman–Crippen MR) is 110 cm³/mol. The molecule has 3 rings (SSSR count). The molecule has 0 fully saturated rings. The van der Waals surface area contributed by atoms with Crippen LogP contribution in [0.3, 0.4) is 0 Å². The number of para-hydroxylation sites is 1. The van der Waals surface area contributed by atoms with Crippen LogP contribution in [0.4, 0.5) is 11.4 Å². The summed E-state index contributed by atoms with van der Waals surface area (Å²) in [5, 5.41) is 3.18. The van der Waals surface area contributed by atoms with Gasteiger partial charge in [0, 0.05) is 10.7 Å². The zero-order valence-corrected chi connectivity index (χ0v) is 16.4.